The van der Waals surface area contributed by atoms with Crippen LogP contribution in [-0.4, -0.2) is 30.1 Å². The minimum Gasteiger partial charge on any atom is -0.261 e. The number of hydrogen-bond acceptors (Lipinski definition) is 6. The van der Waals surface area contributed by atoms with Gasteiger partial charge in [-0.25, -0.2) is 9.97 Å². The molecular formula is C12H8N6. The van der Waals surface area contributed by atoms with Crippen LogP contribution in [0.25, 0.3) is 22.9 Å². The normalized spacial score (nSPS) is 10.2. The third kappa shape index (κ3) is 2.03. The Morgan fingerprint density at radius 3 is 2.56 bits per heavy atom. The monoisotopic (exact) mass is 236 g/mol. The molecule has 0 aliphatic carbocycles. The standard InChI is InChI=1S/C12H8N6/c1-2-10(18-16-4-1)12-15-5-3-9(17-12)11-8-13-6-7-14-11/h1-8H. The molecule has 0 spiro atoms. The van der Waals surface area contributed by atoms with Crippen LogP contribution in [0.4, 0.5) is 0 Å². The topological polar surface area (TPSA) is 77.3 Å². The summed E-state index contributed by atoms with van der Waals surface area (Å²) in [5.41, 5.74) is 2.03. The summed E-state index contributed by atoms with van der Waals surface area (Å²) in [5.74, 6) is 0.520. The molecule has 0 bridgehead atoms. The SMILES string of the molecule is c1cnnc(-c2nccc(-c3cnccn3)n2)c1. The molecule has 0 saturated heterocycles. The van der Waals surface area contributed by atoms with Gasteiger partial charge in [-0.05, 0) is 18.2 Å². The Hall–Kier alpha value is -2.76. The van der Waals surface area contributed by atoms with Crippen molar-refractivity contribution in [1.82, 2.24) is 30.1 Å². The summed E-state index contributed by atoms with van der Waals surface area (Å²) in [7, 11) is 0. The molecule has 3 aromatic heterocycles. The molecule has 0 aromatic carbocycles. The summed E-state index contributed by atoms with van der Waals surface area (Å²) in [6.45, 7) is 0. The second-order valence-electron chi connectivity index (χ2n) is 3.47. The summed E-state index contributed by atoms with van der Waals surface area (Å²) in [5, 5.41) is 7.78. The van der Waals surface area contributed by atoms with Crippen molar-refractivity contribution in [3.8, 4) is 22.9 Å². The van der Waals surface area contributed by atoms with Crippen LogP contribution in [-0.2, 0) is 0 Å². The van der Waals surface area contributed by atoms with E-state index in [2.05, 4.69) is 30.1 Å². The van der Waals surface area contributed by atoms with E-state index in [1.165, 1.54) is 0 Å². The smallest absolute Gasteiger partial charge is 0.180 e. The van der Waals surface area contributed by atoms with Crippen LogP contribution in [0.5, 0.6) is 0 Å². The maximum absolute atomic E-state index is 4.40. The summed E-state index contributed by atoms with van der Waals surface area (Å²) >= 11 is 0. The van der Waals surface area contributed by atoms with E-state index < -0.39 is 0 Å². The van der Waals surface area contributed by atoms with Crippen LogP contribution in [0.1, 0.15) is 0 Å². The van der Waals surface area contributed by atoms with Crippen LogP contribution in [0.15, 0.2) is 49.2 Å². The van der Waals surface area contributed by atoms with E-state index >= 15 is 0 Å². The molecule has 86 valence electrons. The summed E-state index contributed by atoms with van der Waals surface area (Å²) in [6.07, 6.45) is 8.17. The second-order valence-corrected chi connectivity index (χ2v) is 3.47. The lowest BCUT2D eigenvalue weighted by atomic mass is 10.3. The van der Waals surface area contributed by atoms with Crippen LogP contribution in [0, 0.1) is 0 Å². The first kappa shape index (κ1) is 10.4. The van der Waals surface area contributed by atoms with Crippen molar-refractivity contribution in [2.24, 2.45) is 0 Å². The highest BCUT2D eigenvalue weighted by Crippen LogP contribution is 2.16. The largest absolute Gasteiger partial charge is 0.261 e. The van der Waals surface area contributed by atoms with E-state index in [9.17, 15) is 0 Å². The first-order chi connectivity index (χ1) is 8.93. The van der Waals surface area contributed by atoms with Gasteiger partial charge in [0.25, 0.3) is 0 Å². The van der Waals surface area contributed by atoms with Crippen LogP contribution < -0.4 is 0 Å². The molecule has 0 saturated carbocycles. The van der Waals surface area contributed by atoms with Crippen molar-refractivity contribution >= 4 is 0 Å². The molecule has 0 unspecified atom stereocenters. The van der Waals surface area contributed by atoms with E-state index in [1.54, 1.807) is 43.1 Å². The molecule has 6 heteroatoms. The zero-order valence-electron chi connectivity index (χ0n) is 9.30. The average Bonchev–Trinajstić information content (AvgIpc) is 2.49. The molecule has 0 radical (unpaired) electrons. The Morgan fingerprint density at radius 1 is 0.778 bits per heavy atom. The number of hydrogen-bond donors (Lipinski definition) is 0. The Kier molecular flexibility index (Phi) is 2.67. The van der Waals surface area contributed by atoms with Gasteiger partial charge < -0.3 is 0 Å². The van der Waals surface area contributed by atoms with E-state index in [1.807, 2.05) is 6.07 Å². The molecule has 0 atom stereocenters. The van der Waals surface area contributed by atoms with E-state index in [4.69, 9.17) is 0 Å². The molecule has 0 amide bonds. The van der Waals surface area contributed by atoms with Gasteiger partial charge in [0.05, 0.1) is 11.9 Å². The first-order valence-corrected chi connectivity index (χ1v) is 5.31. The van der Waals surface area contributed by atoms with E-state index in [-0.39, 0.29) is 0 Å². The third-order valence-electron chi connectivity index (χ3n) is 2.28. The molecule has 0 aliphatic heterocycles. The van der Waals surface area contributed by atoms with Crippen molar-refractivity contribution in [3.05, 3.63) is 49.2 Å². The second kappa shape index (κ2) is 4.62. The van der Waals surface area contributed by atoms with Crippen LogP contribution in [0.3, 0.4) is 0 Å². The Bertz CT molecular complexity index is 586. The molecule has 3 heterocycles. The van der Waals surface area contributed by atoms with Gasteiger partial charge in [-0.3, -0.25) is 9.97 Å². The van der Waals surface area contributed by atoms with Gasteiger partial charge in [-0.15, -0.1) is 5.10 Å². The molecular weight excluding hydrogens is 228 g/mol. The molecule has 3 aromatic rings. The average molecular weight is 236 g/mol. The minimum atomic E-state index is 0.520. The van der Waals surface area contributed by atoms with Gasteiger partial charge in [0.1, 0.15) is 11.4 Å². The highest BCUT2D eigenvalue weighted by molar-refractivity contribution is 5.57. The summed E-state index contributed by atoms with van der Waals surface area (Å²) in [6, 6.07) is 5.38. The van der Waals surface area contributed by atoms with Crippen molar-refractivity contribution in [2.45, 2.75) is 0 Å². The number of rotatable bonds is 2. The summed E-state index contributed by atoms with van der Waals surface area (Å²) < 4.78 is 0. The lowest BCUT2D eigenvalue weighted by Crippen LogP contribution is -1.95. The lowest BCUT2D eigenvalue weighted by Gasteiger charge is -2.01. The zero-order chi connectivity index (χ0) is 12.2. The van der Waals surface area contributed by atoms with Crippen molar-refractivity contribution < 1.29 is 0 Å². The fourth-order valence-electron chi connectivity index (χ4n) is 1.48. The molecule has 3 rings (SSSR count). The van der Waals surface area contributed by atoms with Gasteiger partial charge >= 0.3 is 0 Å². The highest BCUT2D eigenvalue weighted by Gasteiger charge is 2.06. The predicted molar refractivity (Wildman–Crippen MR) is 64.1 cm³/mol. The minimum absolute atomic E-state index is 0.520. The molecule has 0 fully saturated rings. The number of nitrogens with zero attached hydrogens (tertiary/aromatic N) is 6. The Morgan fingerprint density at radius 2 is 1.78 bits per heavy atom. The van der Waals surface area contributed by atoms with Gasteiger partial charge in [0, 0.05) is 24.8 Å². The quantitative estimate of drug-likeness (QED) is 0.669. The van der Waals surface area contributed by atoms with Gasteiger partial charge in [0.2, 0.25) is 0 Å². The molecule has 0 aliphatic rings. The fraction of sp³-hybridized carbons (Fsp3) is 0. The third-order valence-corrected chi connectivity index (χ3v) is 2.28. The maximum atomic E-state index is 4.40. The summed E-state index contributed by atoms with van der Waals surface area (Å²) in [4.78, 5) is 16.8. The van der Waals surface area contributed by atoms with Crippen LogP contribution in [0.2, 0.25) is 0 Å². The Balaban J connectivity index is 2.05. The van der Waals surface area contributed by atoms with Crippen molar-refractivity contribution in [2.75, 3.05) is 0 Å². The van der Waals surface area contributed by atoms with E-state index in [0.717, 1.165) is 0 Å². The number of aromatic nitrogens is 6. The van der Waals surface area contributed by atoms with Gasteiger partial charge in [-0.2, -0.15) is 5.10 Å². The van der Waals surface area contributed by atoms with Gasteiger partial charge in [0.15, 0.2) is 5.82 Å². The van der Waals surface area contributed by atoms with Gasteiger partial charge in [-0.1, -0.05) is 0 Å². The van der Waals surface area contributed by atoms with E-state index in [0.29, 0.717) is 22.9 Å². The maximum Gasteiger partial charge on any atom is 0.180 e. The lowest BCUT2D eigenvalue weighted by molar-refractivity contribution is 1.01. The molecule has 0 N–H and O–H groups in total. The van der Waals surface area contributed by atoms with Crippen molar-refractivity contribution in [1.29, 1.82) is 0 Å². The Labute approximate surface area is 103 Å². The fourth-order valence-corrected chi connectivity index (χ4v) is 1.48. The highest BCUT2D eigenvalue weighted by atomic mass is 15.1. The predicted octanol–water partition coefficient (Wildman–Crippen LogP) is 1.39. The first-order valence-electron chi connectivity index (χ1n) is 5.31. The molecule has 6 nitrogen and oxygen atoms in total. The molecule has 18 heavy (non-hydrogen) atoms. The van der Waals surface area contributed by atoms with Crippen LogP contribution >= 0.6 is 0 Å². The van der Waals surface area contributed by atoms with Crippen molar-refractivity contribution in [3.63, 3.8) is 0 Å². The zero-order valence-corrected chi connectivity index (χ0v) is 9.30.